The van der Waals surface area contributed by atoms with Gasteiger partial charge < -0.3 is 5.73 Å². The summed E-state index contributed by atoms with van der Waals surface area (Å²) in [7, 11) is 0. The first-order chi connectivity index (χ1) is 8.58. The summed E-state index contributed by atoms with van der Waals surface area (Å²) >= 11 is 12.0. The summed E-state index contributed by atoms with van der Waals surface area (Å²) in [4.78, 5) is 2.42. The molecule has 1 fully saturated rings. The average molecular weight is 287 g/mol. The van der Waals surface area contributed by atoms with Crippen molar-refractivity contribution in [2.45, 2.75) is 32.4 Å². The third kappa shape index (κ3) is 3.61. The van der Waals surface area contributed by atoms with Crippen molar-refractivity contribution in [1.82, 2.24) is 4.90 Å². The Morgan fingerprint density at radius 3 is 2.72 bits per heavy atom. The molecule has 0 spiro atoms. The lowest BCUT2D eigenvalue weighted by Gasteiger charge is -2.36. The highest BCUT2D eigenvalue weighted by Gasteiger charge is 2.23. The summed E-state index contributed by atoms with van der Waals surface area (Å²) < 4.78 is 0. The number of rotatable bonds is 3. The molecule has 0 aliphatic carbocycles. The van der Waals surface area contributed by atoms with E-state index in [0.29, 0.717) is 16.1 Å². The molecule has 4 heteroatoms. The number of halogens is 2. The summed E-state index contributed by atoms with van der Waals surface area (Å²) in [6.45, 7) is 5.24. The summed E-state index contributed by atoms with van der Waals surface area (Å²) in [6.07, 6.45) is 2.35. The summed E-state index contributed by atoms with van der Waals surface area (Å²) in [6, 6.07) is 6.15. The Bertz CT molecular complexity index is 409. The zero-order chi connectivity index (χ0) is 13.1. The van der Waals surface area contributed by atoms with Gasteiger partial charge in [0.1, 0.15) is 0 Å². The number of hydrogen-bond acceptors (Lipinski definition) is 2. The molecule has 2 nitrogen and oxygen atoms in total. The molecule has 1 aliphatic rings. The van der Waals surface area contributed by atoms with Gasteiger partial charge in [-0.2, -0.15) is 0 Å². The monoisotopic (exact) mass is 286 g/mol. The number of nitrogens with zero attached hydrogens (tertiary/aromatic N) is 1. The Morgan fingerprint density at radius 2 is 2.06 bits per heavy atom. The Hall–Kier alpha value is -0.280. The number of hydrogen-bond donors (Lipinski definition) is 1. The van der Waals surface area contributed by atoms with Crippen molar-refractivity contribution in [3.05, 3.63) is 33.8 Å². The number of likely N-dealkylation sites (tertiary alicyclic amines) is 1. The Kier molecular flexibility index (Phi) is 4.91. The minimum Gasteiger partial charge on any atom is -0.327 e. The van der Waals surface area contributed by atoms with E-state index in [4.69, 9.17) is 28.9 Å². The maximum atomic E-state index is 6.11. The van der Waals surface area contributed by atoms with Gasteiger partial charge in [-0.1, -0.05) is 42.6 Å². The van der Waals surface area contributed by atoms with Crippen LogP contribution in [0.1, 0.15) is 25.3 Å². The van der Waals surface area contributed by atoms with E-state index in [2.05, 4.69) is 11.8 Å². The normalized spacial score (nSPS) is 25.3. The Morgan fingerprint density at radius 1 is 1.28 bits per heavy atom. The maximum Gasteiger partial charge on any atom is 0.0595 e. The van der Waals surface area contributed by atoms with Crippen molar-refractivity contribution in [2.24, 2.45) is 11.7 Å². The van der Waals surface area contributed by atoms with Crippen molar-refractivity contribution in [1.29, 1.82) is 0 Å². The van der Waals surface area contributed by atoms with Gasteiger partial charge in [-0.05, 0) is 30.0 Å². The molecule has 0 aromatic heterocycles. The molecule has 100 valence electrons. The van der Waals surface area contributed by atoms with E-state index in [1.807, 2.05) is 18.2 Å². The van der Waals surface area contributed by atoms with Crippen molar-refractivity contribution in [2.75, 3.05) is 13.1 Å². The minimum atomic E-state index is 0.298. The van der Waals surface area contributed by atoms with Crippen LogP contribution in [-0.4, -0.2) is 24.0 Å². The van der Waals surface area contributed by atoms with Gasteiger partial charge in [0.15, 0.2) is 0 Å². The van der Waals surface area contributed by atoms with Crippen molar-refractivity contribution in [3.8, 4) is 0 Å². The standard InChI is InChI=1S/C14H20Cl2N2/c1-2-10-5-12(17)9-18(7-10)8-11-3-4-13(15)14(16)6-11/h3-4,6,10,12H,2,5,7-9,17H2,1H3. The van der Waals surface area contributed by atoms with Crippen LogP contribution in [0.25, 0.3) is 0 Å². The number of nitrogens with two attached hydrogens (primary N) is 1. The first-order valence-electron chi connectivity index (χ1n) is 6.50. The molecule has 1 saturated heterocycles. The van der Waals surface area contributed by atoms with Crippen molar-refractivity contribution < 1.29 is 0 Å². The number of piperidine rings is 1. The van der Waals surface area contributed by atoms with Gasteiger partial charge in [0, 0.05) is 25.7 Å². The predicted octanol–water partition coefficient (Wildman–Crippen LogP) is 3.55. The van der Waals surface area contributed by atoms with E-state index in [9.17, 15) is 0 Å². The zero-order valence-electron chi connectivity index (χ0n) is 10.7. The molecule has 2 atom stereocenters. The third-order valence-corrected chi connectivity index (χ3v) is 4.35. The molecule has 1 heterocycles. The lowest BCUT2D eigenvalue weighted by molar-refractivity contribution is 0.147. The van der Waals surface area contributed by atoms with Gasteiger partial charge in [-0.25, -0.2) is 0 Å². The van der Waals surface area contributed by atoms with Crippen LogP contribution in [-0.2, 0) is 6.54 Å². The van der Waals surface area contributed by atoms with E-state index < -0.39 is 0 Å². The highest BCUT2D eigenvalue weighted by Crippen LogP contribution is 2.25. The Balaban J connectivity index is 2.01. The van der Waals surface area contributed by atoms with E-state index in [-0.39, 0.29) is 0 Å². The van der Waals surface area contributed by atoms with Gasteiger partial charge in [0.05, 0.1) is 10.0 Å². The third-order valence-electron chi connectivity index (χ3n) is 3.61. The molecule has 0 amide bonds. The lowest BCUT2D eigenvalue weighted by atomic mass is 9.92. The van der Waals surface area contributed by atoms with Crippen LogP contribution in [0.15, 0.2) is 18.2 Å². The lowest BCUT2D eigenvalue weighted by Crippen LogP contribution is -2.46. The van der Waals surface area contributed by atoms with Crippen LogP contribution in [0, 0.1) is 5.92 Å². The van der Waals surface area contributed by atoms with Gasteiger partial charge in [0.25, 0.3) is 0 Å². The fraction of sp³-hybridized carbons (Fsp3) is 0.571. The highest BCUT2D eigenvalue weighted by molar-refractivity contribution is 6.42. The highest BCUT2D eigenvalue weighted by atomic mass is 35.5. The van der Waals surface area contributed by atoms with E-state index >= 15 is 0 Å². The summed E-state index contributed by atoms with van der Waals surface area (Å²) in [5.74, 6) is 0.719. The molecule has 2 N–H and O–H groups in total. The quantitative estimate of drug-likeness (QED) is 0.921. The zero-order valence-corrected chi connectivity index (χ0v) is 12.2. The topological polar surface area (TPSA) is 29.3 Å². The summed E-state index contributed by atoms with van der Waals surface area (Å²) in [5.41, 5.74) is 7.31. The molecule has 18 heavy (non-hydrogen) atoms. The second-order valence-corrected chi connectivity index (χ2v) is 6.03. The molecule has 0 saturated carbocycles. The maximum absolute atomic E-state index is 6.11. The first-order valence-corrected chi connectivity index (χ1v) is 7.26. The van der Waals surface area contributed by atoms with Crippen molar-refractivity contribution in [3.63, 3.8) is 0 Å². The van der Waals surface area contributed by atoms with Crippen LogP contribution >= 0.6 is 23.2 Å². The van der Waals surface area contributed by atoms with E-state index in [1.54, 1.807) is 0 Å². The molecule has 0 radical (unpaired) electrons. The second-order valence-electron chi connectivity index (χ2n) is 5.21. The van der Waals surface area contributed by atoms with E-state index in [0.717, 1.165) is 32.0 Å². The molecule has 0 bridgehead atoms. The SMILES string of the molecule is CCC1CC(N)CN(Cc2ccc(Cl)c(Cl)c2)C1. The predicted molar refractivity (Wildman–Crippen MR) is 78.1 cm³/mol. The molecular formula is C14H20Cl2N2. The van der Waals surface area contributed by atoms with Crippen LogP contribution < -0.4 is 5.73 Å². The molecular weight excluding hydrogens is 267 g/mol. The molecule has 2 unspecified atom stereocenters. The fourth-order valence-electron chi connectivity index (χ4n) is 2.67. The van der Waals surface area contributed by atoms with Gasteiger partial charge in [0.2, 0.25) is 0 Å². The molecule has 1 aliphatic heterocycles. The fourth-order valence-corrected chi connectivity index (χ4v) is 2.99. The smallest absolute Gasteiger partial charge is 0.0595 e. The van der Waals surface area contributed by atoms with Crippen LogP contribution in [0.4, 0.5) is 0 Å². The number of benzene rings is 1. The second kappa shape index (κ2) is 6.25. The molecule has 1 aromatic rings. The minimum absolute atomic E-state index is 0.298. The van der Waals surface area contributed by atoms with E-state index in [1.165, 1.54) is 12.0 Å². The van der Waals surface area contributed by atoms with Gasteiger partial charge in [-0.3, -0.25) is 4.90 Å². The van der Waals surface area contributed by atoms with Gasteiger partial charge in [-0.15, -0.1) is 0 Å². The molecule has 1 aromatic carbocycles. The summed E-state index contributed by atoms with van der Waals surface area (Å²) in [5, 5.41) is 1.24. The Labute approximate surface area is 119 Å². The van der Waals surface area contributed by atoms with Gasteiger partial charge >= 0.3 is 0 Å². The van der Waals surface area contributed by atoms with Crippen LogP contribution in [0.2, 0.25) is 10.0 Å². The van der Waals surface area contributed by atoms with Crippen LogP contribution in [0.3, 0.4) is 0 Å². The van der Waals surface area contributed by atoms with Crippen molar-refractivity contribution >= 4 is 23.2 Å². The largest absolute Gasteiger partial charge is 0.327 e. The molecule has 2 rings (SSSR count). The van der Waals surface area contributed by atoms with Crippen LogP contribution in [0.5, 0.6) is 0 Å². The average Bonchev–Trinajstić information content (AvgIpc) is 2.33. The first kappa shape index (κ1) is 14.1.